The first kappa shape index (κ1) is 22.1. The monoisotopic (exact) mass is 436 g/mol. The highest BCUT2D eigenvalue weighted by molar-refractivity contribution is 5.49. The van der Waals surface area contributed by atoms with Crippen LogP contribution in [0.1, 0.15) is 38.2 Å². The molecule has 0 spiro atoms. The molecule has 1 aliphatic rings. The summed E-state index contributed by atoms with van der Waals surface area (Å²) in [7, 11) is 3.40. The van der Waals surface area contributed by atoms with Gasteiger partial charge in [-0.05, 0) is 61.5 Å². The Bertz CT molecular complexity index is 1020. The molecule has 170 valence electrons. The predicted octanol–water partition coefficient (Wildman–Crippen LogP) is 3.36. The van der Waals surface area contributed by atoms with Crippen LogP contribution >= 0.6 is 0 Å². The van der Waals surface area contributed by atoms with Crippen LogP contribution in [0.15, 0.2) is 48.5 Å². The number of piperazine rings is 1. The second-order valence-electron chi connectivity index (χ2n) is 8.99. The van der Waals surface area contributed by atoms with Crippen LogP contribution in [-0.2, 0) is 5.54 Å². The highest BCUT2D eigenvalue weighted by Gasteiger charge is 2.34. The molecule has 8 nitrogen and oxygen atoms in total. The number of rotatable bonds is 6. The fraction of sp³-hybridized carbons (Fsp3) is 0.458. The number of tetrazole rings is 1. The fourth-order valence-electron chi connectivity index (χ4n) is 4.27. The summed E-state index contributed by atoms with van der Waals surface area (Å²) >= 11 is 0. The van der Waals surface area contributed by atoms with Gasteiger partial charge in [-0.1, -0.05) is 18.2 Å². The third-order valence-corrected chi connectivity index (χ3v) is 5.92. The summed E-state index contributed by atoms with van der Waals surface area (Å²) in [5, 5.41) is 12.8. The first-order chi connectivity index (χ1) is 15.4. The second-order valence-corrected chi connectivity index (χ2v) is 8.99. The van der Waals surface area contributed by atoms with Crippen LogP contribution in [0.5, 0.6) is 11.5 Å². The van der Waals surface area contributed by atoms with Gasteiger partial charge in [0.2, 0.25) is 0 Å². The summed E-state index contributed by atoms with van der Waals surface area (Å²) in [6.45, 7) is 9.94. The average molecular weight is 437 g/mol. The van der Waals surface area contributed by atoms with Crippen LogP contribution in [0.4, 0.5) is 5.69 Å². The van der Waals surface area contributed by atoms with Gasteiger partial charge in [0.25, 0.3) is 0 Å². The molecular weight excluding hydrogens is 404 g/mol. The number of para-hydroxylation sites is 1. The Morgan fingerprint density at radius 3 is 2.19 bits per heavy atom. The molecule has 2 heterocycles. The van der Waals surface area contributed by atoms with Gasteiger partial charge < -0.3 is 14.4 Å². The lowest BCUT2D eigenvalue weighted by molar-refractivity contribution is 0.188. The minimum atomic E-state index is -0.232. The van der Waals surface area contributed by atoms with E-state index in [1.807, 2.05) is 35.0 Å². The van der Waals surface area contributed by atoms with E-state index in [4.69, 9.17) is 9.47 Å². The summed E-state index contributed by atoms with van der Waals surface area (Å²) in [6, 6.07) is 16.3. The van der Waals surface area contributed by atoms with Crippen LogP contribution in [0.2, 0.25) is 0 Å². The molecule has 0 amide bonds. The largest absolute Gasteiger partial charge is 0.497 e. The maximum Gasteiger partial charge on any atom is 0.173 e. The molecule has 0 bridgehead atoms. The zero-order chi connectivity index (χ0) is 22.7. The number of anilines is 1. The highest BCUT2D eigenvalue weighted by atomic mass is 16.5. The molecule has 1 aliphatic heterocycles. The van der Waals surface area contributed by atoms with Gasteiger partial charge in [-0.3, -0.25) is 4.90 Å². The lowest BCUT2D eigenvalue weighted by atomic mass is 10.0. The second kappa shape index (κ2) is 9.16. The van der Waals surface area contributed by atoms with Crippen molar-refractivity contribution >= 4 is 5.69 Å². The molecule has 0 unspecified atom stereocenters. The summed E-state index contributed by atoms with van der Waals surface area (Å²) in [5.41, 5.74) is 2.05. The minimum Gasteiger partial charge on any atom is -0.497 e. The van der Waals surface area contributed by atoms with E-state index in [2.05, 4.69) is 64.3 Å². The smallest absolute Gasteiger partial charge is 0.173 e. The number of hydrogen-bond acceptors (Lipinski definition) is 7. The van der Waals surface area contributed by atoms with Crippen molar-refractivity contribution < 1.29 is 9.47 Å². The maximum atomic E-state index is 5.73. The Hall–Kier alpha value is -3.13. The van der Waals surface area contributed by atoms with Gasteiger partial charge in [0.05, 0.1) is 19.8 Å². The number of ether oxygens (including phenoxy) is 2. The van der Waals surface area contributed by atoms with Crippen molar-refractivity contribution in [1.29, 1.82) is 0 Å². The topological polar surface area (TPSA) is 68.5 Å². The van der Waals surface area contributed by atoms with Crippen LogP contribution in [0.25, 0.3) is 0 Å². The maximum absolute atomic E-state index is 5.73. The van der Waals surface area contributed by atoms with E-state index in [0.717, 1.165) is 49.1 Å². The van der Waals surface area contributed by atoms with Gasteiger partial charge in [-0.25, -0.2) is 4.68 Å². The van der Waals surface area contributed by atoms with E-state index in [9.17, 15) is 0 Å². The number of aromatic nitrogens is 4. The Labute approximate surface area is 189 Å². The Morgan fingerprint density at radius 2 is 1.56 bits per heavy atom. The molecular formula is C24H32N6O2. The molecule has 4 rings (SSSR count). The van der Waals surface area contributed by atoms with Crippen molar-refractivity contribution in [1.82, 2.24) is 25.1 Å². The molecule has 1 aromatic heterocycles. The van der Waals surface area contributed by atoms with Gasteiger partial charge in [-0.15, -0.1) is 5.10 Å². The first-order valence-corrected chi connectivity index (χ1v) is 11.0. The molecule has 1 fully saturated rings. The van der Waals surface area contributed by atoms with Crippen LogP contribution in [-0.4, -0.2) is 65.5 Å². The van der Waals surface area contributed by atoms with Crippen LogP contribution in [0.3, 0.4) is 0 Å². The Kier molecular flexibility index (Phi) is 6.32. The molecule has 32 heavy (non-hydrogen) atoms. The van der Waals surface area contributed by atoms with Gasteiger partial charge >= 0.3 is 0 Å². The van der Waals surface area contributed by atoms with Crippen molar-refractivity contribution in [2.75, 3.05) is 45.3 Å². The van der Waals surface area contributed by atoms with Crippen LogP contribution in [0, 0.1) is 0 Å². The number of benzene rings is 2. The SMILES string of the molecule is COc1ccc(N2CCN([C@@H](c3ccccc3OC)c3nnnn3C(C)(C)C)CC2)cc1. The normalized spacial score (nSPS) is 16.1. The van der Waals surface area contributed by atoms with Gasteiger partial charge in [0, 0.05) is 37.4 Å². The molecule has 3 aromatic rings. The van der Waals surface area contributed by atoms with Crippen LogP contribution < -0.4 is 14.4 Å². The quantitative estimate of drug-likeness (QED) is 0.587. The van der Waals surface area contributed by atoms with Crippen molar-refractivity contribution in [2.24, 2.45) is 0 Å². The number of nitrogens with zero attached hydrogens (tertiary/aromatic N) is 6. The first-order valence-electron chi connectivity index (χ1n) is 11.0. The summed E-state index contributed by atoms with van der Waals surface area (Å²) in [5.74, 6) is 2.55. The van der Waals surface area contributed by atoms with E-state index >= 15 is 0 Å². The summed E-state index contributed by atoms with van der Waals surface area (Å²) < 4.78 is 13.0. The number of methoxy groups -OCH3 is 2. The molecule has 0 radical (unpaired) electrons. The van der Waals surface area contributed by atoms with E-state index in [-0.39, 0.29) is 11.6 Å². The van der Waals surface area contributed by atoms with Gasteiger partial charge in [0.1, 0.15) is 17.5 Å². The highest BCUT2D eigenvalue weighted by Crippen LogP contribution is 2.36. The van der Waals surface area contributed by atoms with Crippen molar-refractivity contribution in [3.63, 3.8) is 0 Å². The van der Waals surface area contributed by atoms with Crippen molar-refractivity contribution in [2.45, 2.75) is 32.4 Å². The molecule has 2 aromatic carbocycles. The lowest BCUT2D eigenvalue weighted by Gasteiger charge is -2.40. The molecule has 1 atom stereocenters. The predicted molar refractivity (Wildman–Crippen MR) is 124 cm³/mol. The zero-order valence-electron chi connectivity index (χ0n) is 19.5. The standard InChI is InChI=1S/C24H32N6O2/c1-24(2,3)30-23(25-26-27-30)22(20-8-6-7-9-21(20)32-5)29-16-14-28(15-17-29)18-10-12-19(31-4)13-11-18/h6-13,22H,14-17H2,1-5H3/t22-/m0/s1. The van der Waals surface area contributed by atoms with Gasteiger partial charge in [0.15, 0.2) is 5.82 Å². The van der Waals surface area contributed by atoms with E-state index < -0.39 is 0 Å². The fourth-order valence-corrected chi connectivity index (χ4v) is 4.27. The average Bonchev–Trinajstić information content (AvgIpc) is 3.30. The van der Waals surface area contributed by atoms with E-state index in [1.165, 1.54) is 5.69 Å². The molecule has 0 N–H and O–H groups in total. The molecule has 0 saturated carbocycles. The summed E-state index contributed by atoms with van der Waals surface area (Å²) in [4.78, 5) is 4.85. The summed E-state index contributed by atoms with van der Waals surface area (Å²) in [6.07, 6.45) is 0. The van der Waals surface area contributed by atoms with Crippen molar-refractivity contribution in [3.8, 4) is 11.5 Å². The minimum absolute atomic E-state index is 0.0987. The zero-order valence-corrected chi connectivity index (χ0v) is 19.5. The third kappa shape index (κ3) is 4.41. The lowest BCUT2D eigenvalue weighted by Crippen LogP contribution is -2.48. The molecule has 1 saturated heterocycles. The van der Waals surface area contributed by atoms with Crippen molar-refractivity contribution in [3.05, 3.63) is 59.9 Å². The Balaban J connectivity index is 1.64. The number of hydrogen-bond donors (Lipinski definition) is 0. The molecule has 0 aliphatic carbocycles. The van der Waals surface area contributed by atoms with E-state index in [1.54, 1.807) is 14.2 Å². The Morgan fingerprint density at radius 1 is 0.875 bits per heavy atom. The van der Waals surface area contributed by atoms with E-state index in [0.29, 0.717) is 0 Å². The molecule has 8 heteroatoms. The third-order valence-electron chi connectivity index (χ3n) is 5.92. The van der Waals surface area contributed by atoms with Gasteiger partial charge in [-0.2, -0.15) is 0 Å².